The lowest BCUT2D eigenvalue weighted by Crippen LogP contribution is -2.21. The number of rotatable bonds is 34. The van der Waals surface area contributed by atoms with Crippen LogP contribution in [0, 0.1) is 0 Å². The van der Waals surface area contributed by atoms with Crippen LogP contribution in [0.5, 0.6) is 0 Å². The van der Waals surface area contributed by atoms with E-state index in [1.54, 1.807) is 0 Å². The zero-order valence-electron chi connectivity index (χ0n) is 26.4. The Kier molecular flexibility index (Phi) is 34.0. The molecule has 0 aliphatic heterocycles. The number of hydrogen-bond acceptors (Lipinski definition) is 2. The van der Waals surface area contributed by atoms with Gasteiger partial charge in [-0.2, -0.15) is 0 Å². The zero-order valence-corrected chi connectivity index (χ0v) is 26.4. The van der Waals surface area contributed by atoms with E-state index in [-0.39, 0.29) is 6.42 Å². The van der Waals surface area contributed by atoms with Gasteiger partial charge in [-0.05, 0) is 12.8 Å². The maximum absolute atomic E-state index is 10.4. The minimum absolute atomic E-state index is 0.236. The fourth-order valence-corrected chi connectivity index (χ4v) is 5.82. The molecule has 0 aromatic rings. The summed E-state index contributed by atoms with van der Waals surface area (Å²) in [5.41, 5.74) is 0. The molecule has 0 aliphatic carbocycles. The first-order chi connectivity index (χ1) is 18.8. The van der Waals surface area contributed by atoms with Crippen molar-refractivity contribution in [3.8, 4) is 0 Å². The van der Waals surface area contributed by atoms with Crippen molar-refractivity contribution in [2.45, 2.75) is 225 Å². The van der Waals surface area contributed by atoms with E-state index in [0.717, 1.165) is 12.8 Å². The van der Waals surface area contributed by atoms with Crippen LogP contribution in [0.1, 0.15) is 225 Å². The molecule has 0 spiro atoms. The minimum Gasteiger partial charge on any atom is -0.550 e. The number of hydrogen-bond donors (Lipinski definition) is 0. The number of carboxylic acids is 1. The molecule has 2 nitrogen and oxygen atoms in total. The van der Waals surface area contributed by atoms with Gasteiger partial charge in [0.05, 0.1) is 0 Å². The van der Waals surface area contributed by atoms with Crippen LogP contribution < -0.4 is 5.11 Å². The Morgan fingerprint density at radius 1 is 0.316 bits per heavy atom. The van der Waals surface area contributed by atoms with Crippen molar-refractivity contribution in [2.75, 3.05) is 0 Å². The van der Waals surface area contributed by atoms with Crippen LogP contribution in [0.2, 0.25) is 0 Å². The van der Waals surface area contributed by atoms with Crippen LogP contribution in [0.25, 0.3) is 0 Å². The van der Waals surface area contributed by atoms with Crippen molar-refractivity contribution in [1.82, 2.24) is 0 Å². The molecule has 0 rings (SSSR count). The Morgan fingerprint density at radius 3 is 0.632 bits per heavy atom. The van der Waals surface area contributed by atoms with Crippen molar-refractivity contribution in [2.24, 2.45) is 0 Å². The summed E-state index contributed by atoms with van der Waals surface area (Å²) in [4.78, 5) is 10.4. The van der Waals surface area contributed by atoms with Crippen LogP contribution in [0.4, 0.5) is 0 Å². The molecule has 0 bridgehead atoms. The van der Waals surface area contributed by atoms with E-state index in [4.69, 9.17) is 0 Å². The Labute approximate surface area is 240 Å². The predicted octanol–water partition coefficient (Wildman–Crippen LogP) is 12.0. The normalized spacial score (nSPS) is 11.4. The highest BCUT2D eigenvalue weighted by atomic mass is 16.4. The highest BCUT2D eigenvalue weighted by Gasteiger charge is 1.97. The van der Waals surface area contributed by atoms with Crippen molar-refractivity contribution in [3.63, 3.8) is 0 Å². The van der Waals surface area contributed by atoms with Gasteiger partial charge in [0.25, 0.3) is 0 Å². The molecular weight excluding hydrogens is 464 g/mol. The maximum atomic E-state index is 10.4. The first-order valence-electron chi connectivity index (χ1n) is 18.0. The molecule has 0 radical (unpaired) electrons. The molecule has 0 saturated carbocycles. The highest BCUT2D eigenvalue weighted by Crippen LogP contribution is 2.17. The van der Waals surface area contributed by atoms with E-state index in [2.05, 4.69) is 6.92 Å². The van der Waals surface area contributed by atoms with E-state index in [9.17, 15) is 9.90 Å². The lowest BCUT2D eigenvalue weighted by Gasteiger charge is -2.05. The fourth-order valence-electron chi connectivity index (χ4n) is 5.82. The summed E-state index contributed by atoms with van der Waals surface area (Å²) in [6.45, 7) is 2.30. The first kappa shape index (κ1) is 37.5. The summed E-state index contributed by atoms with van der Waals surface area (Å²) < 4.78 is 0. The monoisotopic (exact) mass is 536 g/mol. The van der Waals surface area contributed by atoms with Gasteiger partial charge in [0.15, 0.2) is 0 Å². The molecule has 0 saturated heterocycles. The molecule has 2 heteroatoms. The largest absolute Gasteiger partial charge is 0.550 e. The molecule has 0 aliphatic rings. The average Bonchev–Trinajstić information content (AvgIpc) is 2.91. The zero-order chi connectivity index (χ0) is 27.6. The molecule has 0 amide bonds. The first-order valence-corrected chi connectivity index (χ1v) is 18.0. The second-order valence-corrected chi connectivity index (χ2v) is 12.4. The third-order valence-corrected chi connectivity index (χ3v) is 8.48. The van der Waals surface area contributed by atoms with E-state index < -0.39 is 5.97 Å². The van der Waals surface area contributed by atoms with E-state index in [1.807, 2.05) is 0 Å². The third-order valence-electron chi connectivity index (χ3n) is 8.48. The summed E-state index contributed by atoms with van der Waals surface area (Å²) in [6.07, 6.45) is 46.5. The number of carboxylic acid groups (broad SMARTS) is 1. The lowest BCUT2D eigenvalue weighted by atomic mass is 10.0. The van der Waals surface area contributed by atoms with Gasteiger partial charge in [-0.3, -0.25) is 0 Å². The molecule has 38 heavy (non-hydrogen) atoms. The van der Waals surface area contributed by atoms with Gasteiger partial charge in [-0.1, -0.05) is 212 Å². The van der Waals surface area contributed by atoms with Crippen LogP contribution in [0.3, 0.4) is 0 Å². The number of unbranched alkanes of at least 4 members (excludes halogenated alkanes) is 32. The SMILES string of the molecule is CCCCCCCCCCCCCCCCCCCCCCCCCCCCCCCCCCCC(=O)[O-]. The van der Waals surface area contributed by atoms with Gasteiger partial charge in [0.2, 0.25) is 0 Å². The van der Waals surface area contributed by atoms with Gasteiger partial charge in [-0.15, -0.1) is 0 Å². The third kappa shape index (κ3) is 35.5. The molecular formula is C36H71O2-. The van der Waals surface area contributed by atoms with Crippen molar-refractivity contribution in [1.29, 1.82) is 0 Å². The number of carbonyl (C=O) groups excluding carboxylic acids is 1. The fraction of sp³-hybridized carbons (Fsp3) is 0.972. The number of aliphatic carboxylic acids is 1. The van der Waals surface area contributed by atoms with E-state index in [1.165, 1.54) is 199 Å². The summed E-state index contributed by atoms with van der Waals surface area (Å²) in [7, 11) is 0. The van der Waals surface area contributed by atoms with Crippen molar-refractivity contribution >= 4 is 5.97 Å². The van der Waals surface area contributed by atoms with Gasteiger partial charge < -0.3 is 9.90 Å². The second kappa shape index (κ2) is 34.5. The van der Waals surface area contributed by atoms with Crippen molar-refractivity contribution < 1.29 is 9.90 Å². The van der Waals surface area contributed by atoms with Crippen LogP contribution in [-0.2, 0) is 4.79 Å². The Bertz CT molecular complexity index is 433. The van der Waals surface area contributed by atoms with Crippen LogP contribution >= 0.6 is 0 Å². The van der Waals surface area contributed by atoms with Gasteiger partial charge in [0, 0.05) is 5.97 Å². The highest BCUT2D eigenvalue weighted by molar-refractivity contribution is 5.64. The van der Waals surface area contributed by atoms with Crippen LogP contribution in [-0.4, -0.2) is 5.97 Å². The standard InChI is InChI=1S/C36H72O2/c1-2-3-4-5-6-7-8-9-10-11-12-13-14-15-16-17-18-19-20-21-22-23-24-25-26-27-28-29-30-31-32-33-34-35-36(37)38/h2-35H2,1H3,(H,37,38)/p-1. The smallest absolute Gasteiger partial charge is 0.0414 e. The Morgan fingerprint density at radius 2 is 0.474 bits per heavy atom. The topological polar surface area (TPSA) is 40.1 Å². The summed E-state index contributed by atoms with van der Waals surface area (Å²) in [5.74, 6) is -0.897. The average molecular weight is 536 g/mol. The quantitative estimate of drug-likeness (QED) is 0.0768. The summed E-state index contributed by atoms with van der Waals surface area (Å²) in [5, 5.41) is 10.4. The molecule has 228 valence electrons. The molecule has 0 unspecified atom stereocenters. The Hall–Kier alpha value is -0.530. The lowest BCUT2D eigenvalue weighted by molar-refractivity contribution is -0.305. The maximum Gasteiger partial charge on any atom is 0.0414 e. The predicted molar refractivity (Wildman–Crippen MR) is 168 cm³/mol. The van der Waals surface area contributed by atoms with Gasteiger partial charge in [0.1, 0.15) is 0 Å². The molecule has 0 heterocycles. The van der Waals surface area contributed by atoms with Gasteiger partial charge >= 0.3 is 0 Å². The summed E-state index contributed by atoms with van der Waals surface area (Å²) >= 11 is 0. The van der Waals surface area contributed by atoms with E-state index in [0.29, 0.717) is 0 Å². The van der Waals surface area contributed by atoms with E-state index >= 15 is 0 Å². The van der Waals surface area contributed by atoms with Crippen LogP contribution in [0.15, 0.2) is 0 Å². The van der Waals surface area contributed by atoms with Gasteiger partial charge in [-0.25, -0.2) is 0 Å². The summed E-state index contributed by atoms with van der Waals surface area (Å²) in [6, 6.07) is 0. The minimum atomic E-state index is -0.897. The molecule has 0 fully saturated rings. The van der Waals surface area contributed by atoms with Crippen molar-refractivity contribution in [3.05, 3.63) is 0 Å². The number of carbonyl (C=O) groups is 1. The Balaban J connectivity index is 3.02. The molecule has 0 aromatic carbocycles. The molecule has 0 atom stereocenters. The molecule has 0 aromatic heterocycles. The second-order valence-electron chi connectivity index (χ2n) is 12.4. The molecule has 0 N–H and O–H groups in total.